The molecule has 1 aliphatic heterocycles. The summed E-state index contributed by atoms with van der Waals surface area (Å²) in [5.74, 6) is 1.97. The van der Waals surface area contributed by atoms with Crippen LogP contribution in [0.15, 0.2) is 40.1 Å². The quantitative estimate of drug-likeness (QED) is 0.673. The summed E-state index contributed by atoms with van der Waals surface area (Å²) in [6.07, 6.45) is 3.86. The second kappa shape index (κ2) is 6.27. The van der Waals surface area contributed by atoms with Crippen LogP contribution in [0.2, 0.25) is 0 Å². The first-order chi connectivity index (χ1) is 12.2. The lowest BCUT2D eigenvalue weighted by Crippen LogP contribution is -2.23. The van der Waals surface area contributed by atoms with Crippen molar-refractivity contribution in [1.82, 2.24) is 19.2 Å². The van der Waals surface area contributed by atoms with E-state index in [9.17, 15) is 4.79 Å². The van der Waals surface area contributed by atoms with Crippen LogP contribution in [0.5, 0.6) is 0 Å². The first-order valence-electron chi connectivity index (χ1n) is 8.81. The van der Waals surface area contributed by atoms with Crippen LogP contribution < -0.4 is 5.56 Å². The van der Waals surface area contributed by atoms with Gasteiger partial charge in [-0.25, -0.2) is 9.39 Å². The standard InChI is InChI=1S/C19H21N5O/c1-3-4-8-11-23-17-15(18(25)24-13(2)21-22-19(23)24)12-16(20-17)14-9-6-5-7-10-14/h5-7,9-10H,3-4,8,11-12H2,1-2H3. The summed E-state index contributed by atoms with van der Waals surface area (Å²) in [7, 11) is 0. The van der Waals surface area contributed by atoms with Gasteiger partial charge in [-0.2, -0.15) is 0 Å². The van der Waals surface area contributed by atoms with Crippen LogP contribution in [0.25, 0.3) is 5.78 Å². The highest BCUT2D eigenvalue weighted by Crippen LogP contribution is 2.28. The van der Waals surface area contributed by atoms with E-state index in [1.54, 1.807) is 4.40 Å². The number of benzene rings is 1. The van der Waals surface area contributed by atoms with Gasteiger partial charge in [0.1, 0.15) is 11.6 Å². The van der Waals surface area contributed by atoms with E-state index in [0.717, 1.165) is 48.5 Å². The van der Waals surface area contributed by atoms with Crippen molar-refractivity contribution in [3.63, 3.8) is 0 Å². The average Bonchev–Trinajstić information content (AvgIpc) is 3.24. The second-order valence-corrected chi connectivity index (χ2v) is 6.45. The average molecular weight is 335 g/mol. The molecule has 1 aromatic carbocycles. The molecule has 128 valence electrons. The highest BCUT2D eigenvalue weighted by Gasteiger charge is 2.26. The summed E-state index contributed by atoms with van der Waals surface area (Å²) < 4.78 is 3.68. The zero-order valence-corrected chi connectivity index (χ0v) is 14.6. The molecule has 0 saturated heterocycles. The van der Waals surface area contributed by atoms with Crippen LogP contribution in [0, 0.1) is 6.92 Å². The van der Waals surface area contributed by atoms with Gasteiger partial charge in [0, 0.05) is 13.0 Å². The second-order valence-electron chi connectivity index (χ2n) is 6.45. The van der Waals surface area contributed by atoms with Gasteiger partial charge in [0.05, 0.1) is 11.3 Å². The van der Waals surface area contributed by atoms with Crippen molar-refractivity contribution in [3.8, 4) is 0 Å². The summed E-state index contributed by atoms with van der Waals surface area (Å²) in [4.78, 5) is 17.8. The Hall–Kier alpha value is -2.76. The third-order valence-electron chi connectivity index (χ3n) is 4.71. The lowest BCUT2D eigenvalue weighted by atomic mass is 10.1. The van der Waals surface area contributed by atoms with E-state index in [1.165, 1.54) is 0 Å². The van der Waals surface area contributed by atoms with Gasteiger partial charge in [0.2, 0.25) is 5.78 Å². The Morgan fingerprint density at radius 1 is 1.12 bits per heavy atom. The van der Waals surface area contributed by atoms with Crippen molar-refractivity contribution in [1.29, 1.82) is 0 Å². The molecule has 0 unspecified atom stereocenters. The molecule has 0 fully saturated rings. The number of rotatable bonds is 5. The number of aliphatic imine (C=N–C) groups is 1. The van der Waals surface area contributed by atoms with E-state index < -0.39 is 0 Å². The number of fused-ring (bicyclic) bond motifs is 2. The SMILES string of the molecule is CCCCCn1c2c(c(=O)n3c(C)nnc13)CC(c1ccccc1)=N2. The topological polar surface area (TPSA) is 64.5 Å². The fourth-order valence-corrected chi connectivity index (χ4v) is 3.39. The number of nitrogens with zero attached hydrogens (tertiary/aromatic N) is 5. The minimum Gasteiger partial charge on any atom is -0.294 e. The molecule has 0 bridgehead atoms. The largest absolute Gasteiger partial charge is 0.294 e. The van der Waals surface area contributed by atoms with Crippen molar-refractivity contribution in [2.24, 2.45) is 4.99 Å². The molecule has 0 atom stereocenters. The predicted molar refractivity (Wildman–Crippen MR) is 97.9 cm³/mol. The van der Waals surface area contributed by atoms with Gasteiger partial charge in [-0.1, -0.05) is 50.1 Å². The third kappa shape index (κ3) is 2.58. The predicted octanol–water partition coefficient (Wildman–Crippen LogP) is 3.07. The molecule has 0 N–H and O–H groups in total. The summed E-state index contributed by atoms with van der Waals surface area (Å²) in [6, 6.07) is 10.0. The molecule has 3 aromatic rings. The van der Waals surface area contributed by atoms with Gasteiger partial charge >= 0.3 is 0 Å². The van der Waals surface area contributed by atoms with Crippen molar-refractivity contribution < 1.29 is 0 Å². The smallest absolute Gasteiger partial charge is 0.266 e. The normalized spacial score (nSPS) is 13.3. The Balaban J connectivity index is 1.88. The molecule has 2 aromatic heterocycles. The van der Waals surface area contributed by atoms with Gasteiger partial charge < -0.3 is 0 Å². The van der Waals surface area contributed by atoms with E-state index in [4.69, 9.17) is 4.99 Å². The monoisotopic (exact) mass is 335 g/mol. The summed E-state index contributed by atoms with van der Waals surface area (Å²) in [5.41, 5.74) is 2.70. The Labute approximate surface area is 145 Å². The van der Waals surface area contributed by atoms with Crippen LogP contribution in [-0.4, -0.2) is 24.9 Å². The summed E-state index contributed by atoms with van der Waals surface area (Å²) in [6.45, 7) is 4.79. The van der Waals surface area contributed by atoms with Gasteiger partial charge in [0.25, 0.3) is 5.56 Å². The van der Waals surface area contributed by atoms with Gasteiger partial charge in [0.15, 0.2) is 0 Å². The van der Waals surface area contributed by atoms with Gasteiger partial charge in [-0.3, -0.25) is 9.36 Å². The molecule has 0 aliphatic carbocycles. The van der Waals surface area contributed by atoms with Crippen LogP contribution in [0.3, 0.4) is 0 Å². The van der Waals surface area contributed by atoms with Gasteiger partial charge in [-0.05, 0) is 18.9 Å². The molecule has 0 radical (unpaired) electrons. The van der Waals surface area contributed by atoms with E-state index >= 15 is 0 Å². The van der Waals surface area contributed by atoms with Crippen molar-refractivity contribution in [2.75, 3.05) is 0 Å². The minimum atomic E-state index is -0.0473. The molecule has 0 amide bonds. The Bertz CT molecular complexity index is 1010. The molecular formula is C19H21N5O. The minimum absolute atomic E-state index is 0.0473. The zero-order chi connectivity index (χ0) is 17.4. The molecule has 6 nitrogen and oxygen atoms in total. The maximum atomic E-state index is 13.0. The lowest BCUT2D eigenvalue weighted by molar-refractivity contribution is 0.602. The van der Waals surface area contributed by atoms with Crippen LogP contribution in [0.4, 0.5) is 5.82 Å². The lowest BCUT2D eigenvalue weighted by Gasteiger charge is -2.12. The van der Waals surface area contributed by atoms with Crippen LogP contribution in [-0.2, 0) is 13.0 Å². The molecule has 0 saturated carbocycles. The molecule has 0 spiro atoms. The summed E-state index contributed by atoms with van der Waals surface area (Å²) in [5, 5.41) is 8.35. The van der Waals surface area contributed by atoms with Crippen LogP contribution >= 0.6 is 0 Å². The third-order valence-corrected chi connectivity index (χ3v) is 4.71. The molecule has 6 heteroatoms. The first kappa shape index (κ1) is 15.7. The molecule has 3 heterocycles. The highest BCUT2D eigenvalue weighted by atomic mass is 16.1. The maximum Gasteiger partial charge on any atom is 0.266 e. The maximum absolute atomic E-state index is 13.0. The van der Waals surface area contributed by atoms with Crippen molar-refractivity contribution in [2.45, 2.75) is 46.1 Å². The Kier molecular flexibility index (Phi) is 3.95. The Morgan fingerprint density at radius 3 is 2.68 bits per heavy atom. The zero-order valence-electron chi connectivity index (χ0n) is 14.6. The fraction of sp³-hybridized carbons (Fsp3) is 0.368. The number of aryl methyl sites for hydroxylation is 2. The van der Waals surface area contributed by atoms with Crippen molar-refractivity contribution >= 4 is 17.3 Å². The number of aromatic nitrogens is 4. The van der Waals surface area contributed by atoms with E-state index in [0.29, 0.717) is 18.0 Å². The number of hydrogen-bond donors (Lipinski definition) is 0. The number of hydrogen-bond acceptors (Lipinski definition) is 4. The molecular weight excluding hydrogens is 314 g/mol. The molecule has 1 aliphatic rings. The van der Waals surface area contributed by atoms with E-state index in [2.05, 4.69) is 21.7 Å². The summed E-state index contributed by atoms with van der Waals surface area (Å²) >= 11 is 0. The van der Waals surface area contributed by atoms with Crippen LogP contribution in [0.1, 0.15) is 43.1 Å². The first-order valence-corrected chi connectivity index (χ1v) is 8.81. The van der Waals surface area contributed by atoms with Gasteiger partial charge in [-0.15, -0.1) is 10.2 Å². The molecule has 4 rings (SSSR count). The Morgan fingerprint density at radius 2 is 1.92 bits per heavy atom. The van der Waals surface area contributed by atoms with E-state index in [1.807, 2.05) is 37.3 Å². The van der Waals surface area contributed by atoms with Crippen molar-refractivity contribution in [3.05, 3.63) is 57.6 Å². The van der Waals surface area contributed by atoms with E-state index in [-0.39, 0.29) is 5.56 Å². The highest BCUT2D eigenvalue weighted by molar-refractivity contribution is 6.06. The molecule has 25 heavy (non-hydrogen) atoms. The fourth-order valence-electron chi connectivity index (χ4n) is 3.39. The number of unbranched alkanes of at least 4 members (excludes halogenated alkanes) is 2.